The summed E-state index contributed by atoms with van der Waals surface area (Å²) >= 11 is 0. The van der Waals surface area contributed by atoms with E-state index in [-0.39, 0.29) is 0 Å². The van der Waals surface area contributed by atoms with Crippen molar-refractivity contribution in [2.75, 3.05) is 39.3 Å². The Morgan fingerprint density at radius 1 is 0.952 bits per heavy atom. The number of piperidine rings is 1. The highest BCUT2D eigenvalue weighted by molar-refractivity contribution is 5.47. The fourth-order valence-corrected chi connectivity index (χ4v) is 3.81. The molecule has 4 nitrogen and oxygen atoms in total. The van der Waals surface area contributed by atoms with Crippen molar-refractivity contribution in [1.29, 1.82) is 0 Å². The Kier molecular flexibility index (Phi) is 4.56. The molecule has 0 aromatic heterocycles. The Balaban J connectivity index is 1.75. The maximum Gasteiger partial charge on any atom is 0.209 e. The van der Waals surface area contributed by atoms with Crippen LogP contribution in [0.15, 0.2) is 30.3 Å². The first-order valence-corrected chi connectivity index (χ1v) is 8.17. The van der Waals surface area contributed by atoms with Crippen LogP contribution in [0.5, 0.6) is 0 Å². The highest BCUT2D eigenvalue weighted by Gasteiger charge is 2.38. The van der Waals surface area contributed by atoms with Crippen LogP contribution in [-0.2, 0) is 11.3 Å². The van der Waals surface area contributed by atoms with Gasteiger partial charge in [0.15, 0.2) is 0 Å². The van der Waals surface area contributed by atoms with Crippen LogP contribution >= 0.6 is 0 Å². The molecule has 114 valence electrons. The number of rotatable bonds is 4. The summed E-state index contributed by atoms with van der Waals surface area (Å²) in [6.07, 6.45) is 5.00. The van der Waals surface area contributed by atoms with Crippen LogP contribution in [-0.4, -0.2) is 60.2 Å². The maximum absolute atomic E-state index is 10.9. The van der Waals surface area contributed by atoms with Crippen LogP contribution in [0, 0.1) is 0 Å². The number of piperazine rings is 1. The van der Waals surface area contributed by atoms with Gasteiger partial charge in [0.2, 0.25) is 6.41 Å². The molecule has 0 atom stereocenters. The Labute approximate surface area is 127 Å². The summed E-state index contributed by atoms with van der Waals surface area (Å²) < 4.78 is 1.09. The number of likely N-dealkylation sites (tertiary alicyclic amines) is 1. The average molecular weight is 288 g/mol. The summed E-state index contributed by atoms with van der Waals surface area (Å²) in [7, 11) is 0. The van der Waals surface area contributed by atoms with E-state index in [9.17, 15) is 4.79 Å². The number of amides is 1. The van der Waals surface area contributed by atoms with E-state index in [2.05, 4.69) is 35.3 Å². The minimum absolute atomic E-state index is 0.873. The van der Waals surface area contributed by atoms with Gasteiger partial charge in [-0.1, -0.05) is 30.3 Å². The summed E-state index contributed by atoms with van der Waals surface area (Å²) in [4.78, 5) is 12.8. The molecule has 21 heavy (non-hydrogen) atoms. The van der Waals surface area contributed by atoms with E-state index < -0.39 is 0 Å². The zero-order valence-electron chi connectivity index (χ0n) is 12.8. The van der Waals surface area contributed by atoms with Gasteiger partial charge in [-0.15, -0.1) is 0 Å². The van der Waals surface area contributed by atoms with Gasteiger partial charge in [-0.25, -0.2) is 4.59 Å². The molecule has 2 saturated heterocycles. The number of carbonyl (C=O) groups excluding carboxylic acids is 1. The van der Waals surface area contributed by atoms with Crippen LogP contribution in [0.25, 0.3) is 0 Å². The second kappa shape index (κ2) is 6.58. The molecule has 0 N–H and O–H groups in total. The fraction of sp³-hybridized carbons (Fsp3) is 0.588. The third-order valence-corrected chi connectivity index (χ3v) is 5.01. The summed E-state index contributed by atoms with van der Waals surface area (Å²) in [5, 5.41) is 2.62. The largest absolute Gasteiger partial charge is 0.342 e. The monoisotopic (exact) mass is 288 g/mol. The first-order chi connectivity index (χ1) is 10.3. The molecule has 3 rings (SSSR count). The van der Waals surface area contributed by atoms with E-state index in [1.165, 1.54) is 37.9 Å². The molecule has 0 bridgehead atoms. The number of carbonyl (C=O) groups is 1. The van der Waals surface area contributed by atoms with Crippen molar-refractivity contribution in [3.05, 3.63) is 35.9 Å². The lowest BCUT2D eigenvalue weighted by atomic mass is 10.1. The third kappa shape index (κ3) is 3.27. The van der Waals surface area contributed by atoms with E-state index >= 15 is 0 Å². The summed E-state index contributed by atoms with van der Waals surface area (Å²) in [5.41, 5.74) is 1.43. The van der Waals surface area contributed by atoms with Gasteiger partial charge in [0, 0.05) is 18.7 Å². The zero-order valence-corrected chi connectivity index (χ0v) is 12.8. The van der Waals surface area contributed by atoms with Gasteiger partial charge in [0.1, 0.15) is 6.54 Å². The lowest BCUT2D eigenvalue weighted by Gasteiger charge is -2.50. The summed E-state index contributed by atoms with van der Waals surface area (Å²) in [6, 6.07) is 10.9. The third-order valence-electron chi connectivity index (χ3n) is 5.01. The molecule has 0 radical (unpaired) electrons. The molecule has 0 spiro atoms. The van der Waals surface area contributed by atoms with Gasteiger partial charge in [0.25, 0.3) is 0 Å². The van der Waals surface area contributed by atoms with Crippen molar-refractivity contribution in [2.45, 2.75) is 25.8 Å². The Hall–Kier alpha value is -1.39. The van der Waals surface area contributed by atoms with Gasteiger partial charge in [-0.2, -0.15) is 5.01 Å². The number of quaternary nitrogens is 1. The van der Waals surface area contributed by atoms with E-state index in [0.717, 1.165) is 43.7 Å². The van der Waals surface area contributed by atoms with Crippen LogP contribution in [0.3, 0.4) is 0 Å². The second-order valence-corrected chi connectivity index (χ2v) is 6.34. The fourth-order valence-electron chi connectivity index (χ4n) is 3.81. The van der Waals surface area contributed by atoms with Crippen molar-refractivity contribution in [1.82, 2.24) is 9.91 Å². The van der Waals surface area contributed by atoms with Crippen molar-refractivity contribution in [2.24, 2.45) is 0 Å². The number of nitrogens with zero attached hydrogens (tertiary/aromatic N) is 3. The first-order valence-electron chi connectivity index (χ1n) is 8.17. The normalized spacial score (nSPS) is 23.0. The van der Waals surface area contributed by atoms with Crippen LogP contribution in [0.4, 0.5) is 0 Å². The predicted octanol–water partition coefficient (Wildman–Crippen LogP) is 1.88. The maximum atomic E-state index is 10.9. The van der Waals surface area contributed by atoms with Crippen LogP contribution in [0.2, 0.25) is 0 Å². The van der Waals surface area contributed by atoms with Crippen molar-refractivity contribution in [3.63, 3.8) is 0 Å². The highest BCUT2D eigenvalue weighted by atomic mass is 16.1. The molecule has 1 aromatic carbocycles. The first kappa shape index (κ1) is 14.5. The quantitative estimate of drug-likeness (QED) is 0.624. The van der Waals surface area contributed by atoms with E-state index in [1.807, 2.05) is 4.90 Å². The average Bonchev–Trinajstić information content (AvgIpc) is 2.57. The Morgan fingerprint density at radius 2 is 1.62 bits per heavy atom. The molecule has 2 aliphatic rings. The van der Waals surface area contributed by atoms with Crippen molar-refractivity contribution < 1.29 is 9.39 Å². The molecule has 0 unspecified atom stereocenters. The van der Waals surface area contributed by atoms with Crippen LogP contribution < -0.4 is 0 Å². The van der Waals surface area contributed by atoms with Crippen molar-refractivity contribution in [3.8, 4) is 0 Å². The van der Waals surface area contributed by atoms with E-state index in [1.54, 1.807) is 0 Å². The topological polar surface area (TPSA) is 23.6 Å². The van der Waals surface area contributed by atoms with Crippen molar-refractivity contribution >= 4 is 6.41 Å². The smallest absolute Gasteiger partial charge is 0.209 e. The number of benzene rings is 1. The minimum atomic E-state index is 0.873. The van der Waals surface area contributed by atoms with Gasteiger partial charge in [-0.05, 0) is 19.3 Å². The Bertz CT molecular complexity index is 448. The summed E-state index contributed by atoms with van der Waals surface area (Å²) in [5.74, 6) is 0. The Morgan fingerprint density at radius 3 is 2.24 bits per heavy atom. The molecule has 0 aliphatic carbocycles. The van der Waals surface area contributed by atoms with Crippen LogP contribution in [0.1, 0.15) is 24.8 Å². The lowest BCUT2D eigenvalue weighted by molar-refractivity contribution is -1.05. The molecule has 4 heteroatoms. The molecule has 2 aliphatic heterocycles. The van der Waals surface area contributed by atoms with Gasteiger partial charge in [-0.3, -0.25) is 4.79 Å². The van der Waals surface area contributed by atoms with Gasteiger partial charge >= 0.3 is 0 Å². The molecule has 1 aromatic rings. The minimum Gasteiger partial charge on any atom is -0.342 e. The summed E-state index contributed by atoms with van der Waals surface area (Å²) in [6.45, 7) is 7.35. The molecular weight excluding hydrogens is 262 g/mol. The number of hydrogen-bond acceptors (Lipinski definition) is 2. The molecular formula is C17H26N3O+. The SMILES string of the molecule is O=CN1CCN([N+]2(Cc3ccccc3)CCCCC2)CC1. The van der Waals surface area contributed by atoms with Gasteiger partial charge < -0.3 is 4.90 Å². The molecule has 2 fully saturated rings. The van der Waals surface area contributed by atoms with E-state index in [4.69, 9.17) is 0 Å². The van der Waals surface area contributed by atoms with E-state index in [0.29, 0.717) is 0 Å². The van der Waals surface area contributed by atoms with Gasteiger partial charge in [0.05, 0.1) is 26.2 Å². The second-order valence-electron chi connectivity index (χ2n) is 6.34. The molecule has 1 amide bonds. The molecule has 2 heterocycles. The lowest BCUT2D eigenvalue weighted by Crippen LogP contribution is -2.66. The highest BCUT2D eigenvalue weighted by Crippen LogP contribution is 2.26. The molecule has 0 saturated carbocycles. The number of hydrogen-bond donors (Lipinski definition) is 0. The predicted molar refractivity (Wildman–Crippen MR) is 83.2 cm³/mol. The zero-order chi connectivity index (χ0) is 14.5. The standard InChI is InChI=1S/C17H26N3O/c21-16-18-9-11-19(12-10-18)20(13-5-2-6-14-20)15-17-7-3-1-4-8-17/h1,3-4,7-8,16H,2,5-6,9-15H2/q+1.